The van der Waals surface area contributed by atoms with Gasteiger partial charge in [-0.05, 0) is 36.5 Å². The fourth-order valence-electron chi connectivity index (χ4n) is 1.90. The third-order valence-corrected chi connectivity index (χ3v) is 4.67. The first kappa shape index (κ1) is 18.1. The summed E-state index contributed by atoms with van der Waals surface area (Å²) in [6, 6.07) is 4.90. The molecular weight excluding hydrogens is 290 g/mol. The van der Waals surface area contributed by atoms with Gasteiger partial charge in [0, 0.05) is 19.8 Å². The van der Waals surface area contributed by atoms with E-state index in [0.29, 0.717) is 43.2 Å². The van der Waals surface area contributed by atoms with Crippen LogP contribution in [-0.2, 0) is 21.4 Å². The fourth-order valence-corrected chi connectivity index (χ4v) is 3.26. The number of ether oxygens (including phenoxy) is 1. The Hall–Kier alpha value is -0.950. The highest BCUT2D eigenvalue weighted by Crippen LogP contribution is 2.18. The lowest BCUT2D eigenvalue weighted by Crippen LogP contribution is -2.26. The monoisotopic (exact) mass is 315 g/mol. The first-order valence-electron chi connectivity index (χ1n) is 7.15. The van der Waals surface area contributed by atoms with Crippen LogP contribution in [0.25, 0.3) is 0 Å². The molecule has 0 amide bonds. The summed E-state index contributed by atoms with van der Waals surface area (Å²) in [5, 5.41) is 9.19. The average molecular weight is 315 g/mol. The minimum Gasteiger partial charge on any atom is -0.392 e. The van der Waals surface area contributed by atoms with Gasteiger partial charge in [-0.3, -0.25) is 0 Å². The summed E-state index contributed by atoms with van der Waals surface area (Å²) < 4.78 is 32.4. The molecule has 1 rings (SSSR count). The van der Waals surface area contributed by atoms with Crippen molar-refractivity contribution in [3.63, 3.8) is 0 Å². The van der Waals surface area contributed by atoms with E-state index in [1.54, 1.807) is 25.1 Å². The lowest BCUT2D eigenvalue weighted by Gasteiger charge is -2.12. The van der Waals surface area contributed by atoms with Gasteiger partial charge in [0.15, 0.2) is 0 Å². The molecule has 0 aliphatic heterocycles. The summed E-state index contributed by atoms with van der Waals surface area (Å²) >= 11 is 0. The van der Waals surface area contributed by atoms with Crippen LogP contribution in [0.5, 0.6) is 0 Å². The molecule has 0 saturated heterocycles. The van der Waals surface area contributed by atoms with Crippen LogP contribution in [0.15, 0.2) is 23.1 Å². The quantitative estimate of drug-likeness (QED) is 0.682. The molecule has 21 heavy (non-hydrogen) atoms. The van der Waals surface area contributed by atoms with Crippen molar-refractivity contribution in [1.29, 1.82) is 0 Å². The molecule has 1 aromatic rings. The molecule has 0 fully saturated rings. The minimum atomic E-state index is -3.54. The highest BCUT2D eigenvalue weighted by molar-refractivity contribution is 7.89. The zero-order valence-electron chi connectivity index (χ0n) is 12.9. The van der Waals surface area contributed by atoms with Crippen LogP contribution in [0.3, 0.4) is 0 Å². The second-order valence-corrected chi connectivity index (χ2v) is 7.15. The van der Waals surface area contributed by atoms with Gasteiger partial charge < -0.3 is 9.84 Å². The van der Waals surface area contributed by atoms with E-state index in [4.69, 9.17) is 4.74 Å². The molecule has 0 aromatic heterocycles. The fraction of sp³-hybridized carbons (Fsp3) is 0.600. The molecule has 6 heteroatoms. The molecule has 1 aromatic carbocycles. The molecule has 120 valence electrons. The average Bonchev–Trinajstić information content (AvgIpc) is 2.42. The lowest BCUT2D eigenvalue weighted by atomic mass is 10.1. The second kappa shape index (κ2) is 8.48. The Bertz CT molecular complexity index is 541. The molecule has 0 saturated carbocycles. The predicted molar refractivity (Wildman–Crippen MR) is 82.6 cm³/mol. The standard InChI is InChI=1S/C15H25NO4S/c1-12(2)11-20-9-5-8-16-21(18,19)15-7-4-6-14(10-17)13(15)3/h4,6-7,12,16-17H,5,8-11H2,1-3H3. The summed E-state index contributed by atoms with van der Waals surface area (Å²) in [4.78, 5) is 0.220. The highest BCUT2D eigenvalue weighted by atomic mass is 32.2. The first-order chi connectivity index (χ1) is 9.88. The Labute approximate surface area is 127 Å². The number of hydrogen-bond acceptors (Lipinski definition) is 4. The Morgan fingerprint density at radius 1 is 1.33 bits per heavy atom. The SMILES string of the molecule is Cc1c(CO)cccc1S(=O)(=O)NCCCOCC(C)C. The third kappa shape index (κ3) is 5.74. The number of sulfonamides is 1. The molecule has 0 atom stereocenters. The molecule has 0 bridgehead atoms. The molecule has 5 nitrogen and oxygen atoms in total. The molecule has 0 unspecified atom stereocenters. The van der Waals surface area contributed by atoms with Gasteiger partial charge in [0.05, 0.1) is 11.5 Å². The van der Waals surface area contributed by atoms with Crippen LogP contribution in [0.1, 0.15) is 31.4 Å². The summed E-state index contributed by atoms with van der Waals surface area (Å²) in [7, 11) is -3.54. The summed E-state index contributed by atoms with van der Waals surface area (Å²) in [5.74, 6) is 0.477. The maximum atomic E-state index is 12.2. The summed E-state index contributed by atoms with van der Waals surface area (Å²) in [6.07, 6.45) is 0.630. The Morgan fingerprint density at radius 3 is 2.67 bits per heavy atom. The predicted octanol–water partition coefficient (Wildman–Crippen LogP) is 1.83. The third-order valence-electron chi connectivity index (χ3n) is 3.06. The van der Waals surface area contributed by atoms with Crippen molar-refractivity contribution in [2.24, 2.45) is 5.92 Å². The first-order valence-corrected chi connectivity index (χ1v) is 8.63. The van der Waals surface area contributed by atoms with Crippen LogP contribution in [-0.4, -0.2) is 33.3 Å². The van der Waals surface area contributed by atoms with Crippen molar-refractivity contribution in [3.8, 4) is 0 Å². The van der Waals surface area contributed by atoms with Crippen LogP contribution >= 0.6 is 0 Å². The Balaban J connectivity index is 2.54. The summed E-state index contributed by atoms with van der Waals surface area (Å²) in [5.41, 5.74) is 1.21. The minimum absolute atomic E-state index is 0.168. The van der Waals surface area contributed by atoms with Crippen LogP contribution in [0, 0.1) is 12.8 Å². The van der Waals surface area contributed by atoms with E-state index >= 15 is 0 Å². The van der Waals surface area contributed by atoms with E-state index in [2.05, 4.69) is 18.6 Å². The topological polar surface area (TPSA) is 75.6 Å². The Morgan fingerprint density at radius 2 is 2.05 bits per heavy atom. The molecule has 2 N–H and O–H groups in total. The highest BCUT2D eigenvalue weighted by Gasteiger charge is 2.17. The van der Waals surface area contributed by atoms with Gasteiger partial charge in [-0.2, -0.15) is 0 Å². The van der Waals surface area contributed by atoms with Crippen molar-refractivity contribution in [2.75, 3.05) is 19.8 Å². The number of benzene rings is 1. The van der Waals surface area contributed by atoms with E-state index in [-0.39, 0.29) is 11.5 Å². The maximum absolute atomic E-state index is 12.2. The van der Waals surface area contributed by atoms with E-state index in [9.17, 15) is 13.5 Å². The Kier molecular flexibility index (Phi) is 7.31. The maximum Gasteiger partial charge on any atom is 0.240 e. The second-order valence-electron chi connectivity index (χ2n) is 5.42. The molecule has 0 aliphatic rings. The number of hydrogen-bond donors (Lipinski definition) is 2. The molecule has 0 spiro atoms. The zero-order chi connectivity index (χ0) is 15.9. The van der Waals surface area contributed by atoms with Crippen LogP contribution in [0.4, 0.5) is 0 Å². The van der Waals surface area contributed by atoms with E-state index in [1.165, 1.54) is 0 Å². The van der Waals surface area contributed by atoms with Crippen LogP contribution < -0.4 is 4.72 Å². The van der Waals surface area contributed by atoms with Crippen molar-refractivity contribution < 1.29 is 18.3 Å². The lowest BCUT2D eigenvalue weighted by molar-refractivity contribution is 0.108. The molecule has 0 heterocycles. The van der Waals surface area contributed by atoms with Gasteiger partial charge in [-0.25, -0.2) is 13.1 Å². The van der Waals surface area contributed by atoms with Crippen molar-refractivity contribution in [3.05, 3.63) is 29.3 Å². The van der Waals surface area contributed by atoms with E-state index in [1.807, 2.05) is 0 Å². The summed E-state index contributed by atoms with van der Waals surface area (Å²) in [6.45, 7) is 7.23. The zero-order valence-corrected chi connectivity index (χ0v) is 13.7. The number of aliphatic hydroxyl groups is 1. The smallest absolute Gasteiger partial charge is 0.240 e. The van der Waals surface area contributed by atoms with Gasteiger partial charge >= 0.3 is 0 Å². The normalized spacial score (nSPS) is 12.0. The van der Waals surface area contributed by atoms with Gasteiger partial charge in [0.1, 0.15) is 0 Å². The van der Waals surface area contributed by atoms with Crippen molar-refractivity contribution in [2.45, 2.75) is 38.7 Å². The van der Waals surface area contributed by atoms with E-state index in [0.717, 1.165) is 0 Å². The van der Waals surface area contributed by atoms with Crippen molar-refractivity contribution >= 4 is 10.0 Å². The molecule has 0 aliphatic carbocycles. The van der Waals surface area contributed by atoms with Gasteiger partial charge in [0.25, 0.3) is 0 Å². The number of nitrogens with one attached hydrogen (secondary N) is 1. The van der Waals surface area contributed by atoms with E-state index < -0.39 is 10.0 Å². The molecule has 0 radical (unpaired) electrons. The van der Waals surface area contributed by atoms with Crippen molar-refractivity contribution in [1.82, 2.24) is 4.72 Å². The molecular formula is C15H25NO4S. The van der Waals surface area contributed by atoms with Gasteiger partial charge in [-0.15, -0.1) is 0 Å². The van der Waals surface area contributed by atoms with Gasteiger partial charge in [0.2, 0.25) is 10.0 Å². The van der Waals surface area contributed by atoms with Gasteiger partial charge in [-0.1, -0.05) is 26.0 Å². The van der Waals surface area contributed by atoms with Crippen LogP contribution in [0.2, 0.25) is 0 Å². The largest absolute Gasteiger partial charge is 0.392 e. The number of aliphatic hydroxyl groups excluding tert-OH is 1. The number of rotatable bonds is 9.